The molecule has 0 N–H and O–H groups in total. The molecule has 0 rings (SSSR count). The summed E-state index contributed by atoms with van der Waals surface area (Å²) < 4.78 is 16.0. The van der Waals surface area contributed by atoms with Crippen molar-refractivity contribution in [3.8, 4) is 12.3 Å². The van der Waals surface area contributed by atoms with Gasteiger partial charge in [-0.2, -0.15) is 0 Å². The van der Waals surface area contributed by atoms with Gasteiger partial charge in [0.1, 0.15) is 6.61 Å². The maximum atomic E-state index is 12.2. The molecule has 0 heterocycles. The number of hydrogen-bond acceptors (Lipinski definition) is 6. The average Bonchev–Trinajstić information content (AvgIpc) is 2.45. The normalized spacial score (nSPS) is 14.6. The van der Waals surface area contributed by atoms with Gasteiger partial charge in [-0.1, -0.05) is 5.92 Å². The fraction of sp³-hybridized carbons (Fsp3) is 0.750. The molecule has 0 aliphatic heterocycles. The lowest BCUT2D eigenvalue weighted by molar-refractivity contribution is -0.181. The highest BCUT2D eigenvalue weighted by atomic mass is 16.6. The molecule has 0 spiro atoms. The first-order valence-electron chi connectivity index (χ1n) is 8.55. The quantitative estimate of drug-likeness (QED) is 0.421. The van der Waals surface area contributed by atoms with Crippen LogP contribution < -0.4 is 0 Å². The maximum Gasteiger partial charge on any atom is 0.312 e. The van der Waals surface area contributed by atoms with Crippen LogP contribution in [0.4, 0.5) is 0 Å². The van der Waals surface area contributed by atoms with E-state index in [0.29, 0.717) is 0 Å². The van der Waals surface area contributed by atoms with Crippen molar-refractivity contribution in [2.24, 2.45) is 16.2 Å². The number of ether oxygens (including phenoxy) is 3. The van der Waals surface area contributed by atoms with E-state index in [4.69, 9.17) is 20.6 Å². The van der Waals surface area contributed by atoms with E-state index in [1.807, 2.05) is 0 Å². The number of hydrogen-bond donors (Lipinski definition) is 0. The summed E-state index contributed by atoms with van der Waals surface area (Å²) in [5, 5.41) is 0. The topological polar surface area (TPSA) is 78.9 Å². The molecule has 6 nitrogen and oxygen atoms in total. The van der Waals surface area contributed by atoms with Crippen LogP contribution in [0.3, 0.4) is 0 Å². The van der Waals surface area contributed by atoms with E-state index in [9.17, 15) is 14.4 Å². The minimum Gasteiger partial charge on any atom is -0.461 e. The SMILES string of the molecule is C#CC(OC(=O)C(C)(C)C)[C@@H](COC(=O)C(C)(C)C)OC(=O)C(C)(C)C. The van der Waals surface area contributed by atoms with Gasteiger partial charge in [-0.05, 0) is 62.3 Å². The zero-order valence-electron chi connectivity index (χ0n) is 17.4. The Kier molecular flexibility index (Phi) is 7.90. The van der Waals surface area contributed by atoms with E-state index >= 15 is 0 Å². The molecular formula is C20H32O6. The second-order valence-corrected chi connectivity index (χ2v) is 9.28. The summed E-state index contributed by atoms with van der Waals surface area (Å²) in [6.07, 6.45) is 3.22. The van der Waals surface area contributed by atoms with E-state index in [0.717, 1.165) is 0 Å². The average molecular weight is 368 g/mol. The molecule has 0 saturated heterocycles. The molecule has 148 valence electrons. The third-order valence-electron chi connectivity index (χ3n) is 3.21. The highest BCUT2D eigenvalue weighted by Crippen LogP contribution is 2.22. The summed E-state index contributed by atoms with van der Waals surface area (Å²) in [6.45, 7) is 14.9. The largest absolute Gasteiger partial charge is 0.461 e. The van der Waals surface area contributed by atoms with Gasteiger partial charge in [-0.3, -0.25) is 14.4 Å². The summed E-state index contributed by atoms with van der Waals surface area (Å²) in [4.78, 5) is 36.4. The number of rotatable bonds is 5. The Morgan fingerprint density at radius 2 is 1.15 bits per heavy atom. The Bertz CT molecular complexity index is 563. The molecule has 0 aromatic carbocycles. The Labute approximate surface area is 156 Å². The predicted octanol–water partition coefficient (Wildman–Crippen LogP) is 3.12. The third kappa shape index (κ3) is 7.90. The maximum absolute atomic E-state index is 12.2. The van der Waals surface area contributed by atoms with E-state index < -0.39 is 46.4 Å². The fourth-order valence-electron chi connectivity index (χ4n) is 1.38. The first-order valence-corrected chi connectivity index (χ1v) is 8.55. The van der Waals surface area contributed by atoms with Crippen LogP contribution >= 0.6 is 0 Å². The summed E-state index contributed by atoms with van der Waals surface area (Å²) >= 11 is 0. The molecule has 6 heteroatoms. The van der Waals surface area contributed by atoms with Gasteiger partial charge in [0.05, 0.1) is 16.2 Å². The lowest BCUT2D eigenvalue weighted by atomic mass is 9.96. The molecule has 0 saturated carbocycles. The Balaban J connectivity index is 5.40. The van der Waals surface area contributed by atoms with Crippen LogP contribution in [0, 0.1) is 28.6 Å². The van der Waals surface area contributed by atoms with Gasteiger partial charge in [-0.25, -0.2) is 0 Å². The number of carbonyl (C=O) groups excluding carboxylic acids is 3. The van der Waals surface area contributed by atoms with Gasteiger partial charge in [0, 0.05) is 0 Å². The molecule has 0 aromatic heterocycles. The van der Waals surface area contributed by atoms with E-state index in [1.165, 1.54) is 0 Å². The lowest BCUT2D eigenvalue weighted by Gasteiger charge is -2.29. The van der Waals surface area contributed by atoms with Crippen molar-refractivity contribution in [2.75, 3.05) is 6.61 Å². The van der Waals surface area contributed by atoms with Crippen LogP contribution in [-0.2, 0) is 28.6 Å². The molecule has 0 amide bonds. The summed E-state index contributed by atoms with van der Waals surface area (Å²) in [5.41, 5.74) is -2.30. The second-order valence-electron chi connectivity index (χ2n) is 9.28. The summed E-state index contributed by atoms with van der Waals surface area (Å²) in [6, 6.07) is 0. The molecule has 26 heavy (non-hydrogen) atoms. The number of esters is 3. The third-order valence-corrected chi connectivity index (χ3v) is 3.21. The molecule has 0 aliphatic rings. The van der Waals surface area contributed by atoms with Crippen molar-refractivity contribution < 1.29 is 28.6 Å². The number of terminal acetylenes is 1. The van der Waals surface area contributed by atoms with Crippen molar-refractivity contribution >= 4 is 17.9 Å². The zero-order chi connectivity index (χ0) is 20.9. The van der Waals surface area contributed by atoms with E-state index in [1.54, 1.807) is 62.3 Å². The van der Waals surface area contributed by atoms with Gasteiger partial charge in [0.25, 0.3) is 0 Å². The van der Waals surface area contributed by atoms with Gasteiger partial charge in [0.15, 0.2) is 6.10 Å². The zero-order valence-corrected chi connectivity index (χ0v) is 17.4. The Hall–Kier alpha value is -2.03. The first kappa shape index (κ1) is 24.0. The molecule has 0 aliphatic carbocycles. The van der Waals surface area contributed by atoms with Crippen LogP contribution in [0.25, 0.3) is 0 Å². The molecule has 0 radical (unpaired) electrons. The van der Waals surface area contributed by atoms with Crippen molar-refractivity contribution in [2.45, 2.75) is 74.5 Å². The fourth-order valence-corrected chi connectivity index (χ4v) is 1.38. The predicted molar refractivity (Wildman–Crippen MR) is 97.9 cm³/mol. The van der Waals surface area contributed by atoms with Crippen molar-refractivity contribution in [1.29, 1.82) is 0 Å². The summed E-state index contributed by atoms with van der Waals surface area (Å²) in [5.74, 6) is 0.751. The Morgan fingerprint density at radius 1 is 0.769 bits per heavy atom. The standard InChI is InChI=1S/C20H32O6/c1-11-13(25-16(22)19(5,6)7)14(26-17(23)20(8,9)10)12-24-15(21)18(2,3)4/h1,13-14H,12H2,2-10H3/t13?,14-/m1/s1. The lowest BCUT2D eigenvalue weighted by Crippen LogP contribution is -2.43. The molecule has 0 fully saturated rings. The highest BCUT2D eigenvalue weighted by molar-refractivity contribution is 5.77. The van der Waals surface area contributed by atoms with E-state index in [2.05, 4.69) is 5.92 Å². The Morgan fingerprint density at radius 3 is 1.50 bits per heavy atom. The molecule has 2 atom stereocenters. The molecule has 1 unspecified atom stereocenters. The second kappa shape index (κ2) is 8.57. The van der Waals surface area contributed by atoms with Crippen molar-refractivity contribution in [1.82, 2.24) is 0 Å². The van der Waals surface area contributed by atoms with Crippen LogP contribution in [0.1, 0.15) is 62.3 Å². The van der Waals surface area contributed by atoms with Gasteiger partial charge in [0.2, 0.25) is 6.10 Å². The van der Waals surface area contributed by atoms with Crippen LogP contribution in [0.15, 0.2) is 0 Å². The van der Waals surface area contributed by atoms with Crippen molar-refractivity contribution in [3.63, 3.8) is 0 Å². The van der Waals surface area contributed by atoms with Crippen LogP contribution in [0.2, 0.25) is 0 Å². The van der Waals surface area contributed by atoms with Gasteiger partial charge < -0.3 is 14.2 Å². The minimum atomic E-state index is -1.17. The smallest absolute Gasteiger partial charge is 0.312 e. The molecule has 0 aromatic rings. The highest BCUT2D eigenvalue weighted by Gasteiger charge is 2.36. The van der Waals surface area contributed by atoms with E-state index in [-0.39, 0.29) is 6.61 Å². The summed E-state index contributed by atoms with van der Waals surface area (Å²) in [7, 11) is 0. The number of carbonyl (C=O) groups is 3. The van der Waals surface area contributed by atoms with Gasteiger partial charge >= 0.3 is 17.9 Å². The molecular weight excluding hydrogens is 336 g/mol. The molecule has 0 bridgehead atoms. The monoisotopic (exact) mass is 368 g/mol. The van der Waals surface area contributed by atoms with Crippen molar-refractivity contribution in [3.05, 3.63) is 0 Å². The van der Waals surface area contributed by atoms with Crippen LogP contribution in [0.5, 0.6) is 0 Å². The van der Waals surface area contributed by atoms with Gasteiger partial charge in [-0.15, -0.1) is 6.42 Å². The van der Waals surface area contributed by atoms with Crippen LogP contribution in [-0.4, -0.2) is 36.7 Å². The first-order chi connectivity index (χ1) is 11.5. The minimum absolute atomic E-state index is 0.301.